The summed E-state index contributed by atoms with van der Waals surface area (Å²) in [4.78, 5) is 11.8. The number of carbonyl (C=O) groups excluding carboxylic acids is 1. The minimum absolute atomic E-state index is 0.0577. The topological polar surface area (TPSA) is 58.9 Å². The Morgan fingerprint density at radius 1 is 0.964 bits per heavy atom. The average molecular weight is 386 g/mol. The predicted octanol–water partition coefficient (Wildman–Crippen LogP) is 5.92. The number of ether oxygens (including phenoxy) is 1. The molecule has 4 nitrogen and oxygen atoms in total. The largest absolute Gasteiger partial charge is 0.448 e. The van der Waals surface area contributed by atoms with Gasteiger partial charge in [-0.25, -0.2) is 4.79 Å². The zero-order valence-electron chi connectivity index (χ0n) is 17.3. The van der Waals surface area contributed by atoms with E-state index in [1.807, 2.05) is 6.92 Å². The third kappa shape index (κ3) is 12.2. The molecule has 0 unspecified atom stereocenters. The summed E-state index contributed by atoms with van der Waals surface area (Å²) < 4.78 is 5.00. The number of hydrogen-bond donors (Lipinski definition) is 1. The lowest BCUT2D eigenvalue weighted by atomic mass is 10.0. The van der Waals surface area contributed by atoms with Crippen LogP contribution in [0.2, 0.25) is 0 Å². The highest BCUT2D eigenvalue weighted by atomic mass is 16.5. The molecule has 0 aliphatic heterocycles. The fourth-order valence-corrected chi connectivity index (χ4v) is 2.97. The molecule has 0 bridgehead atoms. The van der Waals surface area contributed by atoms with Crippen LogP contribution in [-0.2, 0) is 16.0 Å². The number of benzene rings is 1. The lowest BCUT2D eigenvalue weighted by molar-refractivity contribution is -0.134. The van der Waals surface area contributed by atoms with Crippen molar-refractivity contribution in [1.29, 1.82) is 0 Å². The first-order valence-corrected chi connectivity index (χ1v) is 10.7. The average Bonchev–Trinajstić information content (AvgIpc) is 2.72. The second-order valence-corrected chi connectivity index (χ2v) is 7.04. The summed E-state index contributed by atoms with van der Waals surface area (Å²) in [5.41, 5.74) is 1.52. The summed E-state index contributed by atoms with van der Waals surface area (Å²) in [6.45, 7) is 2.10. The highest BCUT2D eigenvalue weighted by Gasteiger charge is 2.12. The maximum atomic E-state index is 11.8. The Balaban J connectivity index is 1.97. The van der Waals surface area contributed by atoms with Gasteiger partial charge in [0, 0.05) is 12.8 Å². The Bertz CT molecular complexity index is 614. The van der Waals surface area contributed by atoms with E-state index in [2.05, 4.69) is 47.3 Å². The van der Waals surface area contributed by atoms with Gasteiger partial charge in [-0.2, -0.15) is 0 Å². The number of unbranched alkanes of at least 4 members (excludes halogenated alkanes) is 8. The van der Waals surface area contributed by atoms with Crippen molar-refractivity contribution in [3.63, 3.8) is 0 Å². The van der Waals surface area contributed by atoms with Crippen LogP contribution in [0.1, 0.15) is 83.1 Å². The standard InChI is InChI=1S/C24H35NO3/c1-2-3-4-16-21-28-24(26)23(25-27)20-15-10-8-6-5-7-9-12-17-22-18-13-11-14-19-22/h11,13-14,18-19,27H,2-3,5-10,12,15,17,20-21H2,1H3/b25-23+. The van der Waals surface area contributed by atoms with Crippen molar-refractivity contribution < 1.29 is 14.7 Å². The summed E-state index contributed by atoms with van der Waals surface area (Å²) >= 11 is 0. The number of nitrogens with zero attached hydrogens (tertiary/aromatic N) is 1. The fraction of sp³-hybridized carbons (Fsp3) is 0.583. The first kappa shape index (κ1) is 23.8. The molecule has 0 saturated heterocycles. The summed E-state index contributed by atoms with van der Waals surface area (Å²) in [7, 11) is 0. The van der Waals surface area contributed by atoms with Gasteiger partial charge in [0.15, 0.2) is 12.3 Å². The summed E-state index contributed by atoms with van der Waals surface area (Å²) in [5.74, 6) is 5.13. The van der Waals surface area contributed by atoms with Crippen LogP contribution in [0.15, 0.2) is 35.5 Å². The minimum atomic E-state index is -0.563. The molecule has 1 aromatic carbocycles. The van der Waals surface area contributed by atoms with Gasteiger partial charge in [-0.3, -0.25) is 0 Å². The molecule has 0 radical (unpaired) electrons. The van der Waals surface area contributed by atoms with E-state index in [0.717, 1.165) is 32.1 Å². The van der Waals surface area contributed by atoms with E-state index in [1.54, 1.807) is 0 Å². The highest BCUT2D eigenvalue weighted by Crippen LogP contribution is 2.12. The Morgan fingerprint density at radius 2 is 1.61 bits per heavy atom. The van der Waals surface area contributed by atoms with Crippen LogP contribution < -0.4 is 0 Å². The van der Waals surface area contributed by atoms with E-state index in [9.17, 15) is 4.79 Å². The molecule has 0 aliphatic carbocycles. The molecule has 0 amide bonds. The van der Waals surface area contributed by atoms with Gasteiger partial charge in [0.1, 0.15) is 0 Å². The van der Waals surface area contributed by atoms with Crippen LogP contribution in [0.25, 0.3) is 0 Å². The Morgan fingerprint density at radius 3 is 2.25 bits per heavy atom. The van der Waals surface area contributed by atoms with Crippen molar-refractivity contribution in [3.8, 4) is 11.8 Å². The van der Waals surface area contributed by atoms with Gasteiger partial charge >= 0.3 is 5.97 Å². The molecule has 0 aromatic heterocycles. The van der Waals surface area contributed by atoms with Crippen LogP contribution in [-0.4, -0.2) is 23.5 Å². The van der Waals surface area contributed by atoms with Gasteiger partial charge in [-0.15, -0.1) is 0 Å². The maximum Gasteiger partial charge on any atom is 0.357 e. The van der Waals surface area contributed by atoms with Crippen LogP contribution >= 0.6 is 0 Å². The molecule has 1 N–H and O–H groups in total. The zero-order chi connectivity index (χ0) is 20.3. The van der Waals surface area contributed by atoms with E-state index < -0.39 is 5.97 Å². The molecule has 28 heavy (non-hydrogen) atoms. The Kier molecular flexibility index (Phi) is 14.3. The van der Waals surface area contributed by atoms with Gasteiger partial charge in [0.25, 0.3) is 0 Å². The predicted molar refractivity (Wildman–Crippen MR) is 115 cm³/mol. The van der Waals surface area contributed by atoms with Crippen molar-refractivity contribution in [3.05, 3.63) is 35.9 Å². The Hall–Kier alpha value is -2.28. The molecule has 154 valence electrons. The second-order valence-electron chi connectivity index (χ2n) is 7.04. The molecule has 0 aliphatic rings. The summed E-state index contributed by atoms with van der Waals surface area (Å²) in [6, 6.07) is 10.7. The van der Waals surface area contributed by atoms with Crippen molar-refractivity contribution in [2.75, 3.05) is 6.61 Å². The zero-order valence-corrected chi connectivity index (χ0v) is 17.3. The molecule has 0 atom stereocenters. The molecular weight excluding hydrogens is 350 g/mol. The minimum Gasteiger partial charge on any atom is -0.448 e. The summed E-state index contributed by atoms with van der Waals surface area (Å²) in [5, 5.41) is 12.1. The lowest BCUT2D eigenvalue weighted by Gasteiger charge is -2.05. The van der Waals surface area contributed by atoms with Crippen molar-refractivity contribution in [1.82, 2.24) is 0 Å². The second kappa shape index (κ2) is 16.9. The first-order valence-electron chi connectivity index (χ1n) is 10.7. The van der Waals surface area contributed by atoms with Gasteiger partial charge in [0.05, 0.1) is 0 Å². The van der Waals surface area contributed by atoms with Crippen LogP contribution in [0, 0.1) is 11.8 Å². The van der Waals surface area contributed by atoms with Gasteiger partial charge in [-0.1, -0.05) is 92.8 Å². The summed E-state index contributed by atoms with van der Waals surface area (Å²) in [6.07, 6.45) is 12.7. The van der Waals surface area contributed by atoms with E-state index in [0.29, 0.717) is 6.42 Å². The molecule has 1 rings (SSSR count). The van der Waals surface area contributed by atoms with Crippen LogP contribution in [0.5, 0.6) is 0 Å². The van der Waals surface area contributed by atoms with E-state index >= 15 is 0 Å². The van der Waals surface area contributed by atoms with E-state index in [-0.39, 0.29) is 12.3 Å². The number of carbonyl (C=O) groups is 1. The number of rotatable bonds is 14. The molecule has 1 aromatic rings. The molecule has 4 heteroatoms. The number of hydrogen-bond acceptors (Lipinski definition) is 4. The van der Waals surface area contributed by atoms with Gasteiger partial charge in [-0.05, 0) is 31.2 Å². The third-order valence-electron chi connectivity index (χ3n) is 4.60. The normalized spacial score (nSPS) is 11.0. The molecule has 0 saturated carbocycles. The van der Waals surface area contributed by atoms with Gasteiger partial charge < -0.3 is 9.94 Å². The molecule has 0 heterocycles. The van der Waals surface area contributed by atoms with Crippen LogP contribution in [0.3, 0.4) is 0 Å². The van der Waals surface area contributed by atoms with E-state index in [1.165, 1.54) is 44.1 Å². The lowest BCUT2D eigenvalue weighted by Crippen LogP contribution is -2.18. The number of oxime groups is 1. The fourth-order valence-electron chi connectivity index (χ4n) is 2.97. The number of esters is 1. The SMILES string of the molecule is CCCC#CCOC(=O)/C(CCCCCCCCCCc1ccccc1)=N/O. The molecule has 0 spiro atoms. The third-order valence-corrected chi connectivity index (χ3v) is 4.60. The molecule has 0 fully saturated rings. The Labute approximate surface area is 170 Å². The van der Waals surface area contributed by atoms with Crippen molar-refractivity contribution >= 4 is 11.7 Å². The maximum absolute atomic E-state index is 11.8. The van der Waals surface area contributed by atoms with Crippen molar-refractivity contribution in [2.24, 2.45) is 5.16 Å². The van der Waals surface area contributed by atoms with Crippen molar-refractivity contribution in [2.45, 2.75) is 84.0 Å². The first-order chi connectivity index (χ1) is 13.8. The number of aryl methyl sites for hydroxylation is 1. The van der Waals surface area contributed by atoms with Gasteiger partial charge in [0.2, 0.25) is 0 Å². The van der Waals surface area contributed by atoms with Crippen LogP contribution in [0.4, 0.5) is 0 Å². The quantitative estimate of drug-likeness (QED) is 0.108. The smallest absolute Gasteiger partial charge is 0.357 e. The monoisotopic (exact) mass is 385 g/mol. The van der Waals surface area contributed by atoms with E-state index in [4.69, 9.17) is 9.94 Å². The highest BCUT2D eigenvalue weighted by molar-refractivity contribution is 6.36. The molecular formula is C24H35NO3.